The van der Waals surface area contributed by atoms with Gasteiger partial charge in [-0.2, -0.15) is 0 Å². The van der Waals surface area contributed by atoms with Gasteiger partial charge in [0.05, 0.1) is 7.11 Å². The first-order chi connectivity index (χ1) is 12.9. The quantitative estimate of drug-likeness (QED) is 0.441. The zero-order valence-electron chi connectivity index (χ0n) is 15.4. The molecule has 0 spiro atoms. The summed E-state index contributed by atoms with van der Waals surface area (Å²) in [4.78, 5) is 12.6. The van der Waals surface area contributed by atoms with E-state index in [1.54, 1.807) is 31.2 Å². The summed E-state index contributed by atoms with van der Waals surface area (Å²) in [6.45, 7) is 2.08. The second kappa shape index (κ2) is 10.8. The molecule has 28 heavy (non-hydrogen) atoms. The van der Waals surface area contributed by atoms with Crippen LogP contribution in [0.1, 0.15) is 29.7 Å². The molecule has 2 aromatic carbocycles. The van der Waals surface area contributed by atoms with Crippen molar-refractivity contribution in [3.05, 3.63) is 63.9 Å². The van der Waals surface area contributed by atoms with Crippen molar-refractivity contribution in [1.82, 2.24) is 5.32 Å². The molecule has 152 valence electrons. The molecule has 0 fully saturated rings. The number of carbonyl (C=O) groups is 1. The number of halogens is 3. The van der Waals surface area contributed by atoms with E-state index in [0.29, 0.717) is 21.9 Å². The fourth-order valence-electron chi connectivity index (χ4n) is 2.45. The number of nitrogens with one attached hydrogen (secondary N) is 2. The minimum absolute atomic E-state index is 0. The van der Waals surface area contributed by atoms with Crippen molar-refractivity contribution in [2.24, 2.45) is 5.73 Å². The van der Waals surface area contributed by atoms with Gasteiger partial charge in [-0.15, -0.1) is 12.4 Å². The van der Waals surface area contributed by atoms with E-state index in [9.17, 15) is 9.18 Å². The maximum atomic E-state index is 14.3. The lowest BCUT2D eigenvalue weighted by atomic mass is 10.1. The highest BCUT2D eigenvalue weighted by molar-refractivity contribution is 6.31. The molecule has 1 unspecified atom stereocenters. The Labute approximate surface area is 174 Å². The molecule has 0 heterocycles. The summed E-state index contributed by atoms with van der Waals surface area (Å²) in [5.74, 6) is -0.831. The molecule has 1 amide bonds. The van der Waals surface area contributed by atoms with E-state index in [1.165, 1.54) is 19.2 Å². The van der Waals surface area contributed by atoms with E-state index < -0.39 is 17.8 Å². The Morgan fingerprint density at radius 3 is 2.57 bits per heavy atom. The van der Waals surface area contributed by atoms with Gasteiger partial charge >= 0.3 is 0 Å². The monoisotopic (exact) mass is 429 g/mol. The van der Waals surface area contributed by atoms with Crippen molar-refractivity contribution in [3.8, 4) is 5.75 Å². The third kappa shape index (κ3) is 5.82. The summed E-state index contributed by atoms with van der Waals surface area (Å²) < 4.78 is 24.7. The van der Waals surface area contributed by atoms with Crippen LogP contribution in [-0.4, -0.2) is 25.5 Å². The topological polar surface area (TPSA) is 97.4 Å². The number of rotatable bonds is 8. The molecule has 9 heteroatoms. The van der Waals surface area contributed by atoms with E-state index in [4.69, 9.17) is 32.2 Å². The molecule has 0 aliphatic heterocycles. The Balaban J connectivity index is 0.00000392. The second-order valence-corrected chi connectivity index (χ2v) is 6.07. The van der Waals surface area contributed by atoms with Crippen LogP contribution in [0.4, 0.5) is 4.39 Å². The van der Waals surface area contributed by atoms with Gasteiger partial charge in [0, 0.05) is 35.4 Å². The first-order valence-corrected chi connectivity index (χ1v) is 8.60. The molecule has 0 aliphatic rings. The SMILES string of the molecule is CCOC(C(=O)NCc1ccc(C(=N)N)cc1Cl)c1ccc(OC)cc1F.Cl. The third-order valence-corrected chi connectivity index (χ3v) is 4.23. The number of nitrogen functional groups attached to an aromatic ring is 1. The molecular formula is C19H22Cl2FN3O3. The fraction of sp³-hybridized carbons (Fsp3) is 0.263. The molecule has 0 saturated heterocycles. The molecule has 0 saturated carbocycles. The summed E-state index contributed by atoms with van der Waals surface area (Å²) in [6, 6.07) is 9.08. The van der Waals surface area contributed by atoms with Gasteiger partial charge in [0.15, 0.2) is 6.10 Å². The molecule has 4 N–H and O–H groups in total. The maximum absolute atomic E-state index is 14.3. The first kappa shape index (κ1) is 23.7. The smallest absolute Gasteiger partial charge is 0.254 e. The van der Waals surface area contributed by atoms with Crippen molar-refractivity contribution in [1.29, 1.82) is 5.41 Å². The normalized spacial score (nSPS) is 11.3. The molecule has 2 aromatic rings. The summed E-state index contributed by atoms with van der Waals surface area (Å²) >= 11 is 6.16. The van der Waals surface area contributed by atoms with Crippen LogP contribution < -0.4 is 15.8 Å². The Hall–Kier alpha value is -2.35. The average Bonchev–Trinajstić information content (AvgIpc) is 2.65. The number of carbonyl (C=O) groups excluding carboxylic acids is 1. The summed E-state index contributed by atoms with van der Waals surface area (Å²) in [5.41, 5.74) is 6.67. The van der Waals surface area contributed by atoms with Gasteiger partial charge in [0.2, 0.25) is 0 Å². The minimum Gasteiger partial charge on any atom is -0.497 e. The van der Waals surface area contributed by atoms with Crippen LogP contribution >= 0.6 is 24.0 Å². The van der Waals surface area contributed by atoms with Gasteiger partial charge in [-0.1, -0.05) is 23.7 Å². The van der Waals surface area contributed by atoms with Crippen molar-refractivity contribution < 1.29 is 18.7 Å². The lowest BCUT2D eigenvalue weighted by Crippen LogP contribution is -2.31. The second-order valence-electron chi connectivity index (χ2n) is 5.66. The van der Waals surface area contributed by atoms with Gasteiger partial charge in [0.25, 0.3) is 5.91 Å². The minimum atomic E-state index is -1.10. The van der Waals surface area contributed by atoms with Gasteiger partial charge < -0.3 is 20.5 Å². The molecule has 0 bridgehead atoms. The van der Waals surface area contributed by atoms with E-state index in [0.717, 1.165) is 0 Å². The predicted molar refractivity (Wildman–Crippen MR) is 109 cm³/mol. The van der Waals surface area contributed by atoms with Crippen molar-refractivity contribution in [2.45, 2.75) is 19.6 Å². The number of nitrogens with two attached hydrogens (primary N) is 1. The average molecular weight is 430 g/mol. The van der Waals surface area contributed by atoms with Crippen LogP contribution in [0, 0.1) is 11.2 Å². The molecule has 6 nitrogen and oxygen atoms in total. The number of hydrogen-bond acceptors (Lipinski definition) is 4. The zero-order valence-corrected chi connectivity index (χ0v) is 17.0. The van der Waals surface area contributed by atoms with Crippen molar-refractivity contribution in [2.75, 3.05) is 13.7 Å². The highest BCUT2D eigenvalue weighted by atomic mass is 35.5. The maximum Gasteiger partial charge on any atom is 0.254 e. The zero-order chi connectivity index (χ0) is 20.0. The van der Waals surface area contributed by atoms with E-state index in [1.807, 2.05) is 0 Å². The Morgan fingerprint density at radius 1 is 1.32 bits per heavy atom. The van der Waals surface area contributed by atoms with Gasteiger partial charge in [-0.25, -0.2) is 4.39 Å². The Bertz CT molecular complexity index is 849. The van der Waals surface area contributed by atoms with Crippen LogP contribution in [0.15, 0.2) is 36.4 Å². The number of ether oxygens (including phenoxy) is 2. The molecule has 2 rings (SSSR count). The van der Waals surface area contributed by atoms with Gasteiger partial charge in [0.1, 0.15) is 17.4 Å². The van der Waals surface area contributed by atoms with E-state index >= 15 is 0 Å². The van der Waals surface area contributed by atoms with Crippen molar-refractivity contribution in [3.63, 3.8) is 0 Å². The van der Waals surface area contributed by atoms with E-state index in [2.05, 4.69) is 5.32 Å². The number of amidine groups is 1. The summed E-state index contributed by atoms with van der Waals surface area (Å²) in [7, 11) is 1.43. The molecule has 0 aliphatic carbocycles. The summed E-state index contributed by atoms with van der Waals surface area (Å²) in [6.07, 6.45) is -1.10. The first-order valence-electron chi connectivity index (χ1n) is 8.23. The number of hydrogen-bond donors (Lipinski definition) is 3. The largest absolute Gasteiger partial charge is 0.497 e. The predicted octanol–water partition coefficient (Wildman–Crippen LogP) is 3.59. The standard InChI is InChI=1S/C19H21ClFN3O3.ClH/c1-3-27-17(14-7-6-13(26-2)9-16(14)21)19(25)24-10-12-5-4-11(18(22)23)8-15(12)20;/h4-9,17H,3,10H2,1-2H3,(H3,22,23)(H,24,25);1H. The third-order valence-electron chi connectivity index (χ3n) is 3.88. The number of benzene rings is 2. The molecule has 0 radical (unpaired) electrons. The van der Waals surface area contributed by atoms with Crippen LogP contribution in [0.25, 0.3) is 0 Å². The molecule has 1 atom stereocenters. The van der Waals surface area contributed by atoms with Crippen molar-refractivity contribution >= 4 is 35.8 Å². The highest BCUT2D eigenvalue weighted by Crippen LogP contribution is 2.25. The summed E-state index contributed by atoms with van der Waals surface area (Å²) in [5, 5.41) is 10.5. The highest BCUT2D eigenvalue weighted by Gasteiger charge is 2.24. The van der Waals surface area contributed by atoms with Crippen LogP contribution in [0.2, 0.25) is 5.02 Å². The number of methoxy groups -OCH3 is 1. The number of amides is 1. The lowest BCUT2D eigenvalue weighted by molar-refractivity contribution is -0.133. The Morgan fingerprint density at radius 2 is 2.04 bits per heavy atom. The van der Waals surface area contributed by atoms with E-state index in [-0.39, 0.29) is 37.0 Å². The Kier molecular flexibility index (Phi) is 9.18. The fourth-order valence-corrected chi connectivity index (χ4v) is 2.70. The lowest BCUT2D eigenvalue weighted by Gasteiger charge is -2.18. The van der Waals surface area contributed by atoms with Crippen LogP contribution in [0.3, 0.4) is 0 Å². The van der Waals surface area contributed by atoms with Gasteiger partial charge in [-0.05, 0) is 30.7 Å². The van der Waals surface area contributed by atoms with Crippen LogP contribution in [-0.2, 0) is 16.1 Å². The molecular weight excluding hydrogens is 408 g/mol. The van der Waals surface area contributed by atoms with Crippen LogP contribution in [0.5, 0.6) is 5.75 Å². The molecule has 0 aromatic heterocycles. The van der Waals surface area contributed by atoms with Gasteiger partial charge in [-0.3, -0.25) is 10.2 Å².